The zero-order chi connectivity index (χ0) is 14.5. The molecule has 2 aromatic rings. The molecule has 0 aliphatic carbocycles. The van der Waals surface area contributed by atoms with Crippen molar-refractivity contribution in [3.63, 3.8) is 0 Å². The molecule has 3 N–H and O–H groups in total. The van der Waals surface area contributed by atoms with Crippen LogP contribution in [0.5, 0.6) is 5.75 Å². The fourth-order valence-corrected chi connectivity index (χ4v) is 2.43. The molecule has 1 heterocycles. The van der Waals surface area contributed by atoms with Crippen LogP contribution in [-0.4, -0.2) is 11.6 Å². The van der Waals surface area contributed by atoms with E-state index in [9.17, 15) is 4.39 Å². The molecular formula is C14H18FN3OS. The van der Waals surface area contributed by atoms with E-state index in [2.05, 4.69) is 10.3 Å². The maximum absolute atomic E-state index is 13.7. The number of aromatic nitrogens is 1. The Kier molecular flexibility index (Phi) is 4.79. The number of hydrogen-bond acceptors (Lipinski definition) is 5. The van der Waals surface area contributed by atoms with Gasteiger partial charge in [0.1, 0.15) is 0 Å². The molecule has 0 radical (unpaired) electrons. The molecule has 0 unspecified atom stereocenters. The Balaban J connectivity index is 2.12. The molecule has 1 aromatic carbocycles. The minimum atomic E-state index is -0.435. The van der Waals surface area contributed by atoms with E-state index >= 15 is 0 Å². The molecule has 4 nitrogen and oxygen atoms in total. The summed E-state index contributed by atoms with van der Waals surface area (Å²) in [6.07, 6.45) is 0.826. The third-order valence-electron chi connectivity index (χ3n) is 2.85. The Morgan fingerprint density at radius 2 is 2.25 bits per heavy atom. The number of nitrogen functional groups attached to an aromatic ring is 1. The molecule has 20 heavy (non-hydrogen) atoms. The minimum absolute atomic E-state index is 0.226. The molecular weight excluding hydrogens is 277 g/mol. The second-order valence-electron chi connectivity index (χ2n) is 4.43. The van der Waals surface area contributed by atoms with Gasteiger partial charge in [0.2, 0.25) is 0 Å². The quantitative estimate of drug-likeness (QED) is 0.800. The number of anilines is 2. The average Bonchev–Trinajstić information content (AvgIpc) is 2.82. The third-order valence-corrected chi connectivity index (χ3v) is 3.79. The largest absolute Gasteiger partial charge is 0.490 e. The Labute approximate surface area is 121 Å². The van der Waals surface area contributed by atoms with Crippen LogP contribution in [0.25, 0.3) is 0 Å². The van der Waals surface area contributed by atoms with Crippen LogP contribution in [0.4, 0.5) is 15.8 Å². The van der Waals surface area contributed by atoms with Gasteiger partial charge in [0.15, 0.2) is 11.6 Å². The van der Waals surface area contributed by atoms with E-state index in [0.29, 0.717) is 24.5 Å². The van der Waals surface area contributed by atoms with Gasteiger partial charge < -0.3 is 15.8 Å². The van der Waals surface area contributed by atoms with E-state index in [1.54, 1.807) is 22.9 Å². The van der Waals surface area contributed by atoms with Gasteiger partial charge in [-0.1, -0.05) is 6.92 Å². The van der Waals surface area contributed by atoms with Crippen molar-refractivity contribution in [2.24, 2.45) is 0 Å². The van der Waals surface area contributed by atoms with E-state index in [1.807, 2.05) is 13.8 Å². The van der Waals surface area contributed by atoms with Gasteiger partial charge in [0, 0.05) is 17.0 Å². The van der Waals surface area contributed by atoms with Crippen molar-refractivity contribution >= 4 is 22.7 Å². The lowest BCUT2D eigenvalue weighted by Gasteiger charge is -2.12. The number of aryl methyl sites for hydroxylation is 1. The van der Waals surface area contributed by atoms with Crippen molar-refractivity contribution < 1.29 is 9.13 Å². The molecule has 0 bridgehead atoms. The van der Waals surface area contributed by atoms with E-state index < -0.39 is 5.82 Å². The maximum Gasteiger partial charge on any atom is 0.167 e. The minimum Gasteiger partial charge on any atom is -0.490 e. The molecule has 1 aromatic heterocycles. The number of nitrogens with one attached hydrogen (secondary N) is 1. The fraction of sp³-hybridized carbons (Fsp3) is 0.357. The topological polar surface area (TPSA) is 60.2 Å². The zero-order valence-electron chi connectivity index (χ0n) is 11.6. The van der Waals surface area contributed by atoms with Crippen LogP contribution in [0, 0.1) is 12.7 Å². The molecule has 0 aliphatic rings. The molecule has 0 fully saturated rings. The summed E-state index contributed by atoms with van der Waals surface area (Å²) >= 11 is 1.58. The second-order valence-corrected chi connectivity index (χ2v) is 5.37. The molecule has 0 spiro atoms. The smallest absolute Gasteiger partial charge is 0.167 e. The van der Waals surface area contributed by atoms with Crippen molar-refractivity contribution in [1.82, 2.24) is 4.98 Å². The lowest BCUT2D eigenvalue weighted by Crippen LogP contribution is -2.05. The highest BCUT2D eigenvalue weighted by molar-refractivity contribution is 7.09. The number of benzene rings is 1. The van der Waals surface area contributed by atoms with Gasteiger partial charge in [0.05, 0.1) is 35.7 Å². The van der Waals surface area contributed by atoms with Crippen LogP contribution < -0.4 is 15.8 Å². The summed E-state index contributed by atoms with van der Waals surface area (Å²) in [7, 11) is 0. The van der Waals surface area contributed by atoms with Gasteiger partial charge in [0.25, 0.3) is 0 Å². The number of nitrogens with two attached hydrogens (primary N) is 1. The number of ether oxygens (including phenoxy) is 1. The SMILES string of the molecule is CCCOc1cc(NCc2scnc2C)c(N)cc1F. The maximum atomic E-state index is 13.7. The summed E-state index contributed by atoms with van der Waals surface area (Å²) in [6, 6.07) is 2.89. The first-order chi connectivity index (χ1) is 9.61. The van der Waals surface area contributed by atoms with Crippen LogP contribution in [0.3, 0.4) is 0 Å². The highest BCUT2D eigenvalue weighted by atomic mass is 32.1. The molecule has 0 saturated heterocycles. The van der Waals surface area contributed by atoms with Gasteiger partial charge in [-0.2, -0.15) is 0 Å². The predicted molar refractivity (Wildman–Crippen MR) is 80.8 cm³/mol. The fourth-order valence-electron chi connectivity index (χ4n) is 1.72. The summed E-state index contributed by atoms with van der Waals surface area (Å²) < 4.78 is 19.1. The summed E-state index contributed by atoms with van der Waals surface area (Å²) in [5.41, 5.74) is 9.66. The molecule has 0 saturated carbocycles. The van der Waals surface area contributed by atoms with E-state index in [-0.39, 0.29) is 5.75 Å². The normalized spacial score (nSPS) is 10.6. The number of nitrogens with zero attached hydrogens (tertiary/aromatic N) is 1. The van der Waals surface area contributed by atoms with Crippen molar-refractivity contribution in [1.29, 1.82) is 0 Å². The van der Waals surface area contributed by atoms with Gasteiger partial charge >= 0.3 is 0 Å². The van der Waals surface area contributed by atoms with Crippen molar-refractivity contribution in [3.05, 3.63) is 34.0 Å². The lowest BCUT2D eigenvalue weighted by molar-refractivity contribution is 0.301. The Bertz CT molecular complexity index is 586. The highest BCUT2D eigenvalue weighted by Gasteiger charge is 2.10. The van der Waals surface area contributed by atoms with E-state index in [1.165, 1.54) is 6.07 Å². The predicted octanol–water partition coefficient (Wildman–Crippen LogP) is 3.57. The first-order valence-corrected chi connectivity index (χ1v) is 7.34. The van der Waals surface area contributed by atoms with Crippen molar-refractivity contribution in [2.45, 2.75) is 26.8 Å². The number of rotatable bonds is 6. The Morgan fingerprint density at radius 1 is 1.45 bits per heavy atom. The zero-order valence-corrected chi connectivity index (χ0v) is 12.4. The number of halogens is 1. The summed E-state index contributed by atoms with van der Waals surface area (Å²) in [6.45, 7) is 5.02. The molecule has 2 rings (SSSR count). The van der Waals surface area contributed by atoms with Crippen LogP contribution in [0.1, 0.15) is 23.9 Å². The van der Waals surface area contributed by atoms with Gasteiger partial charge in [-0.15, -0.1) is 11.3 Å². The van der Waals surface area contributed by atoms with E-state index in [4.69, 9.17) is 10.5 Å². The summed E-state index contributed by atoms with van der Waals surface area (Å²) in [5, 5.41) is 3.20. The van der Waals surface area contributed by atoms with Gasteiger partial charge in [-0.3, -0.25) is 0 Å². The number of hydrogen-bond donors (Lipinski definition) is 2. The molecule has 0 aliphatic heterocycles. The number of thiazole rings is 1. The second kappa shape index (κ2) is 6.56. The molecule has 108 valence electrons. The Hall–Kier alpha value is -1.82. The average molecular weight is 295 g/mol. The van der Waals surface area contributed by atoms with Gasteiger partial charge in [-0.25, -0.2) is 9.37 Å². The third kappa shape index (κ3) is 3.39. The summed E-state index contributed by atoms with van der Waals surface area (Å²) in [4.78, 5) is 5.32. The van der Waals surface area contributed by atoms with Crippen LogP contribution >= 0.6 is 11.3 Å². The first-order valence-electron chi connectivity index (χ1n) is 6.46. The van der Waals surface area contributed by atoms with Crippen molar-refractivity contribution in [3.8, 4) is 5.75 Å². The lowest BCUT2D eigenvalue weighted by atomic mass is 10.2. The van der Waals surface area contributed by atoms with Crippen LogP contribution in [0.2, 0.25) is 0 Å². The standard InChI is InChI=1S/C14H18FN3OS/c1-3-4-19-13-6-12(11(16)5-10(13)15)17-7-14-9(2)18-8-20-14/h5-6,8,17H,3-4,7,16H2,1-2H3. The summed E-state index contributed by atoms with van der Waals surface area (Å²) in [5.74, 6) is -0.208. The van der Waals surface area contributed by atoms with Crippen LogP contribution in [-0.2, 0) is 6.54 Å². The highest BCUT2D eigenvalue weighted by Crippen LogP contribution is 2.29. The van der Waals surface area contributed by atoms with Crippen molar-refractivity contribution in [2.75, 3.05) is 17.7 Å². The molecule has 0 amide bonds. The molecule has 6 heteroatoms. The Morgan fingerprint density at radius 3 is 2.90 bits per heavy atom. The van der Waals surface area contributed by atoms with Gasteiger partial charge in [-0.05, 0) is 13.3 Å². The van der Waals surface area contributed by atoms with Crippen LogP contribution in [0.15, 0.2) is 17.6 Å². The monoisotopic (exact) mass is 295 g/mol. The first kappa shape index (κ1) is 14.6. The molecule has 0 atom stereocenters. The van der Waals surface area contributed by atoms with E-state index in [0.717, 1.165) is 17.0 Å².